The number of nitrogens with zero attached hydrogens (tertiary/aromatic N) is 8. The molecular weight excluding hydrogens is 1400 g/mol. The zero-order valence-electron chi connectivity index (χ0n) is 54.7. The Morgan fingerprint density at radius 1 is 0.429 bits per heavy atom. The molecule has 1 aliphatic heterocycles. The number of hydrogen-bond acceptors (Lipinski definition) is 18. The van der Waals surface area contributed by atoms with E-state index < -0.39 is 25.4 Å². The summed E-state index contributed by atoms with van der Waals surface area (Å²) in [6, 6.07) is 50.7. The molecule has 0 unspecified atom stereocenters. The lowest BCUT2D eigenvalue weighted by atomic mass is 10.0. The highest BCUT2D eigenvalue weighted by molar-refractivity contribution is 5.94. The smallest absolute Gasteiger partial charge is 0.406 e. The molecule has 6 aromatic heterocycles. The first-order valence-electron chi connectivity index (χ1n) is 32.1. The number of aryl methyl sites for hydroxylation is 1. The Morgan fingerprint density at radius 2 is 0.800 bits per heavy atom. The molecule has 1 aliphatic carbocycles. The third-order valence-electron chi connectivity index (χ3n) is 16.2. The monoisotopic (exact) mass is 1460 g/mol. The van der Waals surface area contributed by atoms with Crippen LogP contribution in [0.15, 0.2) is 225 Å². The molecule has 0 radical (unpaired) electrons. The number of pyridine rings is 1. The fourth-order valence-electron chi connectivity index (χ4n) is 11.1. The van der Waals surface area contributed by atoms with Gasteiger partial charge in [0.2, 0.25) is 0 Å². The zero-order chi connectivity index (χ0) is 73.5. The number of morpholine rings is 1. The van der Waals surface area contributed by atoms with Gasteiger partial charge in [-0.3, -0.25) is 9.55 Å². The van der Waals surface area contributed by atoms with Gasteiger partial charge in [0.05, 0.1) is 47.0 Å². The summed E-state index contributed by atoms with van der Waals surface area (Å²) in [6.45, 7) is 6.01. The number of imidazole rings is 1. The van der Waals surface area contributed by atoms with Crippen molar-refractivity contribution in [2.24, 2.45) is 5.92 Å². The maximum atomic E-state index is 12.3. The standard InChI is InChI=1S/C21H16F3N3O2.C18H15F3N2O3.C18H15F3N2O2.C17H10F3N3O2/c1-13-3-2-4-16(26-13)12-25-20-18-11-15(7-10-19(18)29-27-20)14-5-8-17(9-6-14)28-21(22,23)24;19-18(20,21)25-14-4-1-12(2-5-14)13-3-6-16-15(11-13)17(22-26-16)23-7-9-24-10-8-23;19-18(20,21)24-14-6-3-12(4-7-14)13-5-8-16-15(9-13)17(23-25-16)22-10-11-1-2-11;18-17(19,20)24-13-4-1-11(2-5-13)12-3-6-15-14(9-12)16(22-25-15)23-8-7-21-10-23/h2-11H,12H2,1H3,(H,25,27);1-6,11H,7-10H2;3-9,11H,1-2,10H2,(H,22,23);1-10H. The normalized spacial score (nSPS) is 13.3. The first-order valence-corrected chi connectivity index (χ1v) is 32.1. The van der Waals surface area contributed by atoms with Crippen molar-refractivity contribution in [2.45, 2.75) is 51.8 Å². The van der Waals surface area contributed by atoms with E-state index in [2.05, 4.69) is 65.1 Å². The molecule has 0 bridgehead atoms. The minimum Gasteiger partial charge on any atom is -0.406 e. The summed E-state index contributed by atoms with van der Waals surface area (Å²) in [5.41, 5.74) is 10.7. The highest BCUT2D eigenvalue weighted by Crippen LogP contribution is 2.38. The van der Waals surface area contributed by atoms with Gasteiger partial charge in [0.1, 0.15) is 29.3 Å². The molecule has 540 valence electrons. The number of aromatic nitrogens is 7. The number of fused-ring (bicyclic) bond motifs is 4. The Labute approximate surface area is 586 Å². The van der Waals surface area contributed by atoms with E-state index in [1.54, 1.807) is 90.0 Å². The van der Waals surface area contributed by atoms with Crippen molar-refractivity contribution in [3.05, 3.63) is 218 Å². The van der Waals surface area contributed by atoms with Crippen LogP contribution in [-0.4, -0.2) is 93.5 Å². The third-order valence-corrected chi connectivity index (χ3v) is 16.2. The van der Waals surface area contributed by atoms with Crippen LogP contribution in [0.2, 0.25) is 0 Å². The van der Waals surface area contributed by atoms with E-state index in [0.717, 1.165) is 103 Å². The Morgan fingerprint density at radius 3 is 1.19 bits per heavy atom. The van der Waals surface area contributed by atoms with Gasteiger partial charge in [0.25, 0.3) is 0 Å². The molecule has 2 fully saturated rings. The number of benzene rings is 8. The van der Waals surface area contributed by atoms with Gasteiger partial charge in [-0.2, -0.15) is 0 Å². The summed E-state index contributed by atoms with van der Waals surface area (Å²) in [6.07, 6.45) is -11.4. The molecule has 1 saturated heterocycles. The van der Waals surface area contributed by atoms with E-state index in [4.69, 9.17) is 22.8 Å². The molecule has 2 aliphatic rings. The van der Waals surface area contributed by atoms with Crippen molar-refractivity contribution in [1.82, 2.24) is 35.2 Å². The number of rotatable bonds is 16. The predicted octanol–water partition coefficient (Wildman–Crippen LogP) is 19.7. The van der Waals surface area contributed by atoms with E-state index in [-0.39, 0.29) is 23.0 Å². The Kier molecular flexibility index (Phi) is 20.6. The minimum atomic E-state index is -4.71. The van der Waals surface area contributed by atoms with Crippen LogP contribution in [0, 0.1) is 12.8 Å². The first-order chi connectivity index (χ1) is 50.3. The molecule has 19 nitrogen and oxygen atoms in total. The van der Waals surface area contributed by atoms with Gasteiger partial charge >= 0.3 is 25.4 Å². The summed E-state index contributed by atoms with van der Waals surface area (Å²) < 4.78 is 191. The van der Waals surface area contributed by atoms with E-state index in [0.29, 0.717) is 65.5 Å². The first kappa shape index (κ1) is 71.1. The van der Waals surface area contributed by atoms with Gasteiger partial charge in [0.15, 0.2) is 45.6 Å². The van der Waals surface area contributed by atoms with Crippen molar-refractivity contribution < 1.29 is 94.5 Å². The lowest BCUT2D eigenvalue weighted by Crippen LogP contribution is -2.36. The third kappa shape index (κ3) is 18.9. The number of anilines is 3. The van der Waals surface area contributed by atoms with Crippen molar-refractivity contribution in [3.63, 3.8) is 0 Å². The van der Waals surface area contributed by atoms with Gasteiger partial charge < -0.3 is 57.3 Å². The van der Waals surface area contributed by atoms with Crippen LogP contribution in [0.5, 0.6) is 23.0 Å². The largest absolute Gasteiger partial charge is 0.573 e. The van der Waals surface area contributed by atoms with Gasteiger partial charge in [-0.1, -0.05) is 99.5 Å². The molecule has 1 saturated carbocycles. The summed E-state index contributed by atoms with van der Waals surface area (Å²) in [7, 11) is 0. The van der Waals surface area contributed by atoms with Crippen molar-refractivity contribution in [2.75, 3.05) is 48.4 Å². The maximum absolute atomic E-state index is 12.3. The molecule has 7 heterocycles. The van der Waals surface area contributed by atoms with E-state index >= 15 is 0 Å². The maximum Gasteiger partial charge on any atom is 0.573 e. The van der Waals surface area contributed by atoms with Crippen molar-refractivity contribution in [1.29, 1.82) is 0 Å². The molecule has 31 heteroatoms. The molecular formula is C74H56F12N10O9. The number of halogens is 12. The highest BCUT2D eigenvalue weighted by Gasteiger charge is 2.34. The molecule has 16 rings (SSSR count). The molecule has 0 spiro atoms. The molecule has 2 N–H and O–H groups in total. The summed E-state index contributed by atoms with van der Waals surface area (Å²) in [5.74, 6) is 2.30. The summed E-state index contributed by atoms with van der Waals surface area (Å²) >= 11 is 0. The zero-order valence-corrected chi connectivity index (χ0v) is 54.7. The van der Waals surface area contributed by atoms with E-state index in [1.165, 1.54) is 61.4 Å². The molecule has 14 aromatic rings. The number of hydrogen-bond donors (Lipinski definition) is 2. The van der Waals surface area contributed by atoms with E-state index in [1.807, 2.05) is 79.7 Å². The molecule has 8 aromatic carbocycles. The average Bonchev–Trinajstić information content (AvgIpc) is 1.69. The molecule has 105 heavy (non-hydrogen) atoms. The SMILES string of the molecule is Cc1cccc(CNc2noc3ccc(-c4ccc(OC(F)(F)F)cc4)cc23)n1.FC(F)(F)Oc1ccc(-c2ccc3onc(-n4ccnc4)c3c2)cc1.FC(F)(F)Oc1ccc(-c2ccc3onc(N4CCOCC4)c3c2)cc1.FC(F)(F)Oc1ccc(-c2ccc3onc(NCC4CC4)c3c2)cc1. The topological polar surface area (TPSA) is 208 Å². The van der Waals surface area contributed by atoms with Crippen LogP contribution in [0.1, 0.15) is 24.2 Å². The Bertz CT molecular complexity index is 5230. The van der Waals surface area contributed by atoms with Crippen molar-refractivity contribution in [3.8, 4) is 73.3 Å². The van der Waals surface area contributed by atoms with Gasteiger partial charge in [-0.15, -0.1) is 52.7 Å². The van der Waals surface area contributed by atoms with Crippen LogP contribution in [0.25, 0.3) is 94.2 Å². The Balaban J connectivity index is 0.000000124. The van der Waals surface area contributed by atoms with Crippen LogP contribution in [-0.2, 0) is 11.3 Å². The predicted molar refractivity (Wildman–Crippen MR) is 362 cm³/mol. The second kappa shape index (κ2) is 30.3. The fourth-order valence-corrected chi connectivity index (χ4v) is 11.1. The number of alkyl halides is 12. The minimum absolute atomic E-state index is 0.242. The van der Waals surface area contributed by atoms with Crippen LogP contribution < -0.4 is 34.5 Å². The lowest BCUT2D eigenvalue weighted by molar-refractivity contribution is -0.275. The highest BCUT2D eigenvalue weighted by atomic mass is 19.4. The molecule has 0 amide bonds. The second-order valence-corrected chi connectivity index (χ2v) is 23.7. The second-order valence-electron chi connectivity index (χ2n) is 23.7. The van der Waals surface area contributed by atoms with Gasteiger partial charge in [0, 0.05) is 37.7 Å². The quantitative estimate of drug-likeness (QED) is 0.0862. The van der Waals surface area contributed by atoms with Gasteiger partial charge in [-0.05, 0) is 179 Å². The number of ether oxygens (including phenoxy) is 5. The fraction of sp³-hybridized carbons (Fsp3) is 0.189. The van der Waals surface area contributed by atoms with Crippen LogP contribution in [0.3, 0.4) is 0 Å². The van der Waals surface area contributed by atoms with Gasteiger partial charge in [-0.25, -0.2) is 4.98 Å². The average molecular weight is 1460 g/mol. The van der Waals surface area contributed by atoms with Crippen LogP contribution in [0.4, 0.5) is 70.1 Å². The van der Waals surface area contributed by atoms with Crippen molar-refractivity contribution >= 4 is 61.3 Å². The van der Waals surface area contributed by atoms with E-state index in [9.17, 15) is 52.7 Å². The summed E-state index contributed by atoms with van der Waals surface area (Å²) in [5, 5.41) is 26.1. The number of nitrogens with one attached hydrogen (secondary N) is 2. The molecule has 0 atom stereocenters. The lowest BCUT2D eigenvalue weighted by Gasteiger charge is -2.26. The van der Waals surface area contributed by atoms with Crippen LogP contribution >= 0.6 is 0 Å². The Hall–Kier alpha value is -12.3. The summed E-state index contributed by atoms with van der Waals surface area (Å²) in [4.78, 5) is 10.5.